The van der Waals surface area contributed by atoms with Crippen molar-refractivity contribution in [3.63, 3.8) is 0 Å². The average Bonchev–Trinajstić information content (AvgIpc) is 2.77. The number of rotatable bonds is 4. The molecule has 0 bridgehead atoms. The molecule has 0 aromatic carbocycles. The highest BCUT2D eigenvalue weighted by Crippen LogP contribution is 2.10. The van der Waals surface area contributed by atoms with Crippen LogP contribution in [0.4, 0.5) is 0 Å². The minimum absolute atomic E-state index is 0.215. The number of nitrogens with zero attached hydrogens (tertiary/aromatic N) is 3. The van der Waals surface area contributed by atoms with Gasteiger partial charge in [-0.15, -0.1) is 0 Å². The fourth-order valence-corrected chi connectivity index (χ4v) is 1.09. The monoisotopic (exact) mass is 233 g/mol. The van der Waals surface area contributed by atoms with Gasteiger partial charge in [0.25, 0.3) is 5.91 Å². The third kappa shape index (κ3) is 2.83. The number of nitriles is 2. The Hall–Kier alpha value is -2.80. The normalized spacial score (nSPS) is 9.06. The SMILES string of the molecule is N#CCN(CC#N)C(=O)c1ccc(C(=O)O)o1. The molecular weight excluding hydrogens is 226 g/mol. The number of aromatic carboxylic acids is 1. The maximum Gasteiger partial charge on any atom is 0.371 e. The first-order valence-corrected chi connectivity index (χ1v) is 4.46. The lowest BCUT2D eigenvalue weighted by molar-refractivity contribution is 0.0654. The molecule has 0 radical (unpaired) electrons. The van der Waals surface area contributed by atoms with Crippen LogP contribution in [0, 0.1) is 22.7 Å². The van der Waals surface area contributed by atoms with E-state index in [4.69, 9.17) is 20.0 Å². The van der Waals surface area contributed by atoms with Crippen molar-refractivity contribution in [1.29, 1.82) is 10.5 Å². The molecule has 0 unspecified atom stereocenters. The smallest absolute Gasteiger partial charge is 0.371 e. The van der Waals surface area contributed by atoms with Gasteiger partial charge >= 0.3 is 5.97 Å². The van der Waals surface area contributed by atoms with Crippen molar-refractivity contribution < 1.29 is 19.1 Å². The first-order valence-electron chi connectivity index (χ1n) is 4.46. The maximum atomic E-state index is 11.7. The van der Waals surface area contributed by atoms with Crippen LogP contribution in [-0.2, 0) is 0 Å². The standard InChI is InChI=1S/C10H7N3O4/c11-3-5-13(6-4-12)9(14)7-1-2-8(17-7)10(15)16/h1-2H,5-6H2,(H,15,16). The summed E-state index contributed by atoms with van der Waals surface area (Å²) in [6.07, 6.45) is 0. The minimum atomic E-state index is -1.30. The summed E-state index contributed by atoms with van der Waals surface area (Å²) < 4.78 is 4.77. The molecule has 1 aromatic heterocycles. The van der Waals surface area contributed by atoms with E-state index in [1.165, 1.54) is 6.07 Å². The average molecular weight is 233 g/mol. The second-order valence-corrected chi connectivity index (χ2v) is 2.95. The number of amides is 1. The Morgan fingerprint density at radius 3 is 2.18 bits per heavy atom. The molecule has 86 valence electrons. The minimum Gasteiger partial charge on any atom is -0.475 e. The molecule has 0 spiro atoms. The Labute approximate surface area is 96.1 Å². The predicted molar refractivity (Wildman–Crippen MR) is 52.8 cm³/mol. The van der Waals surface area contributed by atoms with Gasteiger partial charge < -0.3 is 14.4 Å². The van der Waals surface area contributed by atoms with E-state index in [0.717, 1.165) is 11.0 Å². The van der Waals surface area contributed by atoms with Gasteiger partial charge in [-0.1, -0.05) is 0 Å². The van der Waals surface area contributed by atoms with Crippen LogP contribution in [0.2, 0.25) is 0 Å². The predicted octanol–water partition coefficient (Wildman–Crippen LogP) is 0.467. The van der Waals surface area contributed by atoms with E-state index < -0.39 is 11.9 Å². The van der Waals surface area contributed by atoms with Crippen LogP contribution in [0.1, 0.15) is 21.1 Å². The summed E-state index contributed by atoms with van der Waals surface area (Å²) in [6.45, 7) is -0.537. The summed E-state index contributed by atoms with van der Waals surface area (Å²) in [5, 5.41) is 25.6. The fraction of sp³-hybridized carbons (Fsp3) is 0.200. The zero-order valence-electron chi connectivity index (χ0n) is 8.58. The van der Waals surface area contributed by atoms with E-state index in [-0.39, 0.29) is 24.6 Å². The molecular formula is C10H7N3O4. The second-order valence-electron chi connectivity index (χ2n) is 2.95. The maximum absolute atomic E-state index is 11.7. The van der Waals surface area contributed by atoms with Crippen LogP contribution >= 0.6 is 0 Å². The lowest BCUT2D eigenvalue weighted by atomic mass is 10.3. The molecule has 1 amide bonds. The quantitative estimate of drug-likeness (QED) is 0.755. The third-order valence-electron chi connectivity index (χ3n) is 1.84. The van der Waals surface area contributed by atoms with Gasteiger partial charge in [0.2, 0.25) is 5.76 Å². The largest absolute Gasteiger partial charge is 0.475 e. The summed E-state index contributed by atoms with van der Waals surface area (Å²) >= 11 is 0. The summed E-state index contributed by atoms with van der Waals surface area (Å²) in [5.41, 5.74) is 0. The van der Waals surface area contributed by atoms with Crippen molar-refractivity contribution in [3.8, 4) is 12.1 Å². The topological polar surface area (TPSA) is 118 Å². The molecule has 1 aromatic rings. The highest BCUT2D eigenvalue weighted by atomic mass is 16.4. The number of carboxylic acids is 1. The number of carbonyl (C=O) groups is 2. The lowest BCUT2D eigenvalue weighted by Crippen LogP contribution is -2.31. The van der Waals surface area contributed by atoms with Crippen molar-refractivity contribution in [2.45, 2.75) is 0 Å². The Balaban J connectivity index is 2.90. The van der Waals surface area contributed by atoms with Gasteiger partial charge in [0.05, 0.1) is 12.1 Å². The van der Waals surface area contributed by atoms with E-state index in [1.807, 2.05) is 0 Å². The Bertz CT molecular complexity index is 504. The van der Waals surface area contributed by atoms with Gasteiger partial charge in [-0.2, -0.15) is 10.5 Å². The zero-order valence-corrected chi connectivity index (χ0v) is 8.58. The van der Waals surface area contributed by atoms with Gasteiger partial charge in [-0.05, 0) is 12.1 Å². The fourth-order valence-electron chi connectivity index (χ4n) is 1.09. The number of carboxylic acid groups (broad SMARTS) is 1. The molecule has 0 saturated carbocycles. The Morgan fingerprint density at radius 1 is 1.24 bits per heavy atom. The van der Waals surface area contributed by atoms with E-state index in [0.29, 0.717) is 0 Å². The molecule has 0 aliphatic rings. The summed E-state index contributed by atoms with van der Waals surface area (Å²) in [6, 6.07) is 5.78. The second kappa shape index (κ2) is 5.33. The van der Waals surface area contributed by atoms with Gasteiger partial charge in [-0.25, -0.2) is 4.79 Å². The first-order chi connectivity index (χ1) is 8.10. The van der Waals surface area contributed by atoms with Crippen molar-refractivity contribution in [3.05, 3.63) is 23.7 Å². The molecule has 7 nitrogen and oxygen atoms in total. The van der Waals surface area contributed by atoms with Crippen LogP contribution in [0.25, 0.3) is 0 Å². The van der Waals surface area contributed by atoms with E-state index in [1.54, 1.807) is 12.1 Å². The van der Waals surface area contributed by atoms with Crippen LogP contribution in [-0.4, -0.2) is 35.0 Å². The molecule has 0 aliphatic heterocycles. The number of furan rings is 1. The van der Waals surface area contributed by atoms with Gasteiger partial charge in [0.15, 0.2) is 5.76 Å². The van der Waals surface area contributed by atoms with Crippen molar-refractivity contribution in [1.82, 2.24) is 4.90 Å². The van der Waals surface area contributed by atoms with Crippen LogP contribution < -0.4 is 0 Å². The molecule has 0 saturated heterocycles. The van der Waals surface area contributed by atoms with Crippen molar-refractivity contribution in [2.24, 2.45) is 0 Å². The molecule has 1 heterocycles. The molecule has 1 N–H and O–H groups in total. The van der Waals surface area contributed by atoms with E-state index in [9.17, 15) is 9.59 Å². The van der Waals surface area contributed by atoms with Gasteiger partial charge in [0.1, 0.15) is 13.1 Å². The van der Waals surface area contributed by atoms with Gasteiger partial charge in [-0.3, -0.25) is 4.79 Å². The summed E-state index contributed by atoms with van der Waals surface area (Å²) in [5.74, 6) is -2.58. The van der Waals surface area contributed by atoms with Crippen molar-refractivity contribution >= 4 is 11.9 Å². The van der Waals surface area contributed by atoms with E-state index in [2.05, 4.69) is 0 Å². The summed E-state index contributed by atoms with van der Waals surface area (Å²) in [7, 11) is 0. The molecule has 0 atom stereocenters. The number of carbonyl (C=O) groups excluding carboxylic acids is 1. The molecule has 17 heavy (non-hydrogen) atoms. The number of hydrogen-bond acceptors (Lipinski definition) is 5. The van der Waals surface area contributed by atoms with E-state index >= 15 is 0 Å². The lowest BCUT2D eigenvalue weighted by Gasteiger charge is -2.13. The molecule has 0 aliphatic carbocycles. The summed E-state index contributed by atoms with van der Waals surface area (Å²) in [4.78, 5) is 23.2. The third-order valence-corrected chi connectivity index (χ3v) is 1.84. The van der Waals surface area contributed by atoms with Crippen LogP contribution in [0.5, 0.6) is 0 Å². The highest BCUT2D eigenvalue weighted by molar-refractivity contribution is 5.93. The molecule has 1 rings (SSSR count). The Morgan fingerprint density at radius 2 is 1.76 bits per heavy atom. The number of hydrogen-bond donors (Lipinski definition) is 1. The highest BCUT2D eigenvalue weighted by Gasteiger charge is 2.20. The Kier molecular flexibility index (Phi) is 3.85. The first kappa shape index (κ1) is 12.3. The van der Waals surface area contributed by atoms with Crippen molar-refractivity contribution in [2.75, 3.05) is 13.1 Å². The van der Waals surface area contributed by atoms with Crippen LogP contribution in [0.15, 0.2) is 16.5 Å². The molecule has 7 heteroatoms. The van der Waals surface area contributed by atoms with Crippen LogP contribution in [0.3, 0.4) is 0 Å². The molecule has 0 fully saturated rings. The zero-order chi connectivity index (χ0) is 12.8. The van der Waals surface area contributed by atoms with Gasteiger partial charge in [0, 0.05) is 0 Å².